The molecule has 2 atom stereocenters. The summed E-state index contributed by atoms with van der Waals surface area (Å²) in [5, 5.41) is 17.1. The molecule has 16 heavy (non-hydrogen) atoms. The van der Waals surface area contributed by atoms with E-state index in [2.05, 4.69) is 26.2 Å². The Morgan fingerprint density at radius 1 is 1.50 bits per heavy atom. The van der Waals surface area contributed by atoms with Gasteiger partial charge in [0.2, 0.25) is 0 Å². The number of carbonyl (C=O) groups is 1. The smallest absolute Gasteiger partial charge is 0.307 e. The van der Waals surface area contributed by atoms with Gasteiger partial charge in [-0.1, -0.05) is 18.1 Å². The van der Waals surface area contributed by atoms with E-state index < -0.39 is 5.97 Å². The number of aromatic nitrogens is 3. The van der Waals surface area contributed by atoms with Crippen LogP contribution in [0.2, 0.25) is 0 Å². The quantitative estimate of drug-likeness (QED) is 0.903. The Balaban J connectivity index is 2.33. The van der Waals surface area contributed by atoms with E-state index >= 15 is 0 Å². The Morgan fingerprint density at radius 2 is 2.19 bits per heavy atom. The monoisotopic (exact) mass is 287 g/mol. The van der Waals surface area contributed by atoms with E-state index in [1.165, 1.54) is 0 Å². The van der Waals surface area contributed by atoms with E-state index in [9.17, 15) is 9.90 Å². The van der Waals surface area contributed by atoms with Crippen LogP contribution in [0.15, 0.2) is 4.60 Å². The molecule has 0 amide bonds. The van der Waals surface area contributed by atoms with Crippen molar-refractivity contribution in [3.05, 3.63) is 10.3 Å². The van der Waals surface area contributed by atoms with Gasteiger partial charge in [0.1, 0.15) is 0 Å². The Labute approximate surface area is 102 Å². The standard InChI is InChI=1S/C10H14BrN3O2/c1-14-8(9(11)12-13-14)6-4-2-3-5-7(6)10(15)16/h6-7H,2-5H2,1H3,(H,15,16). The lowest BCUT2D eigenvalue weighted by Gasteiger charge is -2.28. The molecule has 1 N–H and O–H groups in total. The largest absolute Gasteiger partial charge is 0.481 e. The molecule has 1 aliphatic carbocycles. The van der Waals surface area contributed by atoms with Crippen LogP contribution in [0.5, 0.6) is 0 Å². The first-order valence-electron chi connectivity index (χ1n) is 5.39. The van der Waals surface area contributed by atoms with Crippen LogP contribution in [0.4, 0.5) is 0 Å². The summed E-state index contributed by atoms with van der Waals surface area (Å²) in [6.07, 6.45) is 3.72. The first-order chi connectivity index (χ1) is 7.61. The number of nitrogens with zero attached hydrogens (tertiary/aromatic N) is 3. The van der Waals surface area contributed by atoms with Crippen LogP contribution < -0.4 is 0 Å². The fourth-order valence-electron chi connectivity index (χ4n) is 2.49. The third kappa shape index (κ3) is 1.98. The SMILES string of the molecule is Cn1nnc(Br)c1C1CCCCC1C(=O)O. The molecule has 0 spiro atoms. The lowest BCUT2D eigenvalue weighted by molar-refractivity contribution is -0.143. The summed E-state index contributed by atoms with van der Waals surface area (Å²) in [7, 11) is 1.81. The Morgan fingerprint density at radius 3 is 2.75 bits per heavy atom. The van der Waals surface area contributed by atoms with Crippen molar-refractivity contribution >= 4 is 21.9 Å². The van der Waals surface area contributed by atoms with Gasteiger partial charge >= 0.3 is 5.97 Å². The summed E-state index contributed by atoms with van der Waals surface area (Å²) in [6, 6.07) is 0. The zero-order valence-electron chi connectivity index (χ0n) is 9.06. The van der Waals surface area contributed by atoms with E-state index in [0.717, 1.165) is 31.4 Å². The molecule has 5 nitrogen and oxygen atoms in total. The Hall–Kier alpha value is -0.910. The van der Waals surface area contributed by atoms with Crippen molar-refractivity contribution in [1.29, 1.82) is 0 Å². The predicted molar refractivity (Wildman–Crippen MR) is 61.0 cm³/mol. The minimum atomic E-state index is -0.710. The molecule has 2 unspecified atom stereocenters. The van der Waals surface area contributed by atoms with Gasteiger partial charge in [-0.2, -0.15) is 0 Å². The number of carboxylic acid groups (broad SMARTS) is 1. The van der Waals surface area contributed by atoms with Gasteiger partial charge in [0, 0.05) is 13.0 Å². The lowest BCUT2D eigenvalue weighted by Crippen LogP contribution is -2.27. The second-order valence-electron chi connectivity index (χ2n) is 4.22. The summed E-state index contributed by atoms with van der Waals surface area (Å²) in [4.78, 5) is 11.2. The normalized spacial score (nSPS) is 25.6. The van der Waals surface area contributed by atoms with Gasteiger partial charge < -0.3 is 5.11 Å². The van der Waals surface area contributed by atoms with E-state index in [4.69, 9.17) is 0 Å². The highest BCUT2D eigenvalue weighted by Crippen LogP contribution is 2.39. The molecule has 0 bridgehead atoms. The number of aliphatic carboxylic acids is 1. The maximum absolute atomic E-state index is 11.2. The average molecular weight is 288 g/mol. The third-order valence-corrected chi connectivity index (χ3v) is 3.83. The second kappa shape index (κ2) is 4.53. The molecule has 0 aromatic carbocycles. The van der Waals surface area contributed by atoms with Gasteiger partial charge in [-0.25, -0.2) is 0 Å². The third-order valence-electron chi connectivity index (χ3n) is 3.26. The summed E-state index contributed by atoms with van der Waals surface area (Å²) in [6.45, 7) is 0. The number of hydrogen-bond donors (Lipinski definition) is 1. The summed E-state index contributed by atoms with van der Waals surface area (Å²) in [5.41, 5.74) is 0.909. The number of halogens is 1. The Bertz CT molecular complexity index is 385. The highest BCUT2D eigenvalue weighted by molar-refractivity contribution is 9.10. The van der Waals surface area contributed by atoms with Crippen molar-refractivity contribution in [2.24, 2.45) is 13.0 Å². The number of aryl methyl sites for hydroxylation is 1. The molecular formula is C10H14BrN3O2. The second-order valence-corrected chi connectivity index (χ2v) is 4.98. The fourth-order valence-corrected chi connectivity index (χ4v) is 3.11. The molecule has 1 aromatic rings. The van der Waals surface area contributed by atoms with Gasteiger partial charge in [-0.3, -0.25) is 9.48 Å². The summed E-state index contributed by atoms with van der Waals surface area (Å²) >= 11 is 3.34. The summed E-state index contributed by atoms with van der Waals surface area (Å²) < 4.78 is 2.35. The van der Waals surface area contributed by atoms with E-state index in [1.807, 2.05) is 0 Å². The number of carboxylic acids is 1. The molecule has 1 saturated carbocycles. The van der Waals surface area contributed by atoms with Crippen LogP contribution in [-0.4, -0.2) is 26.1 Å². The molecule has 1 aromatic heterocycles. The molecule has 2 rings (SSSR count). The van der Waals surface area contributed by atoms with E-state index in [1.54, 1.807) is 11.7 Å². The summed E-state index contributed by atoms with van der Waals surface area (Å²) in [5.74, 6) is -0.985. The molecule has 6 heteroatoms. The van der Waals surface area contributed by atoms with Gasteiger partial charge in [-0.05, 0) is 28.8 Å². The first-order valence-corrected chi connectivity index (χ1v) is 6.18. The molecule has 1 aliphatic rings. The molecule has 0 aliphatic heterocycles. The molecule has 1 heterocycles. The van der Waals surface area contributed by atoms with Crippen molar-refractivity contribution in [2.45, 2.75) is 31.6 Å². The van der Waals surface area contributed by atoms with Crippen molar-refractivity contribution in [1.82, 2.24) is 15.0 Å². The zero-order chi connectivity index (χ0) is 11.7. The topological polar surface area (TPSA) is 68.0 Å². The zero-order valence-corrected chi connectivity index (χ0v) is 10.6. The molecule has 88 valence electrons. The van der Waals surface area contributed by atoms with Gasteiger partial charge in [0.05, 0.1) is 11.6 Å². The van der Waals surface area contributed by atoms with Crippen LogP contribution in [0.25, 0.3) is 0 Å². The van der Waals surface area contributed by atoms with Gasteiger partial charge in [0.25, 0.3) is 0 Å². The van der Waals surface area contributed by atoms with E-state index in [-0.39, 0.29) is 11.8 Å². The molecule has 1 fully saturated rings. The van der Waals surface area contributed by atoms with Crippen molar-refractivity contribution < 1.29 is 9.90 Å². The molecule has 0 saturated heterocycles. The average Bonchev–Trinajstić information content (AvgIpc) is 2.58. The Kier molecular flexibility index (Phi) is 3.28. The minimum Gasteiger partial charge on any atom is -0.481 e. The van der Waals surface area contributed by atoms with Crippen LogP contribution in [-0.2, 0) is 11.8 Å². The number of rotatable bonds is 2. The fraction of sp³-hybridized carbons (Fsp3) is 0.700. The number of hydrogen-bond acceptors (Lipinski definition) is 3. The van der Waals surface area contributed by atoms with Gasteiger partial charge in [-0.15, -0.1) is 5.10 Å². The highest BCUT2D eigenvalue weighted by atomic mass is 79.9. The van der Waals surface area contributed by atoms with Crippen molar-refractivity contribution in [3.8, 4) is 0 Å². The lowest BCUT2D eigenvalue weighted by atomic mass is 9.77. The first kappa shape index (κ1) is 11.6. The molecular weight excluding hydrogens is 274 g/mol. The predicted octanol–water partition coefficient (Wildman–Crippen LogP) is 1.94. The van der Waals surface area contributed by atoms with Crippen LogP contribution >= 0.6 is 15.9 Å². The van der Waals surface area contributed by atoms with Crippen LogP contribution in [0.3, 0.4) is 0 Å². The van der Waals surface area contributed by atoms with Crippen molar-refractivity contribution in [2.75, 3.05) is 0 Å². The molecule has 0 radical (unpaired) electrons. The van der Waals surface area contributed by atoms with Crippen LogP contribution in [0.1, 0.15) is 37.3 Å². The van der Waals surface area contributed by atoms with E-state index in [0.29, 0.717) is 4.60 Å². The minimum absolute atomic E-state index is 0.0284. The highest BCUT2D eigenvalue weighted by Gasteiger charge is 2.35. The van der Waals surface area contributed by atoms with Crippen LogP contribution in [0, 0.1) is 5.92 Å². The maximum atomic E-state index is 11.2. The van der Waals surface area contributed by atoms with Crippen molar-refractivity contribution in [3.63, 3.8) is 0 Å². The van der Waals surface area contributed by atoms with Gasteiger partial charge in [0.15, 0.2) is 4.60 Å². The maximum Gasteiger partial charge on any atom is 0.307 e.